The molecular formula is H3FeLi3Na3O8P2. The molecule has 0 heterocycles. The molecule has 17 heteroatoms. The summed E-state index contributed by atoms with van der Waals surface area (Å²) in [7, 11) is -10.8. The van der Waals surface area contributed by atoms with E-state index in [1.54, 1.807) is 0 Å². The first kappa shape index (κ1) is 57.0. The molecule has 8 nitrogen and oxygen atoms in total. The van der Waals surface area contributed by atoms with E-state index in [0.717, 1.165) is 0 Å². The number of rotatable bonds is 0. The smallest absolute Gasteiger partial charge is 1.00 e. The van der Waals surface area contributed by atoms with Gasteiger partial charge in [0, 0.05) is 0 Å². The molecule has 75 valence electrons. The van der Waals surface area contributed by atoms with Crippen molar-refractivity contribution < 1.29 is 144 Å². The van der Waals surface area contributed by atoms with Crippen LogP contribution >= 0.6 is 15.6 Å². The SMILES string of the molecule is O=P([O-])([O-])[O-].O=P([O-])([O-])[O-].[Fe+3].[LiH].[LiH].[LiH].[Na+].[Na+].[Na+]. The average molecular weight is 339 g/mol. The summed E-state index contributed by atoms with van der Waals surface area (Å²) < 4.78 is 17.1. The van der Waals surface area contributed by atoms with Gasteiger partial charge in [0.1, 0.15) is 0 Å². The molecule has 0 saturated heterocycles. The van der Waals surface area contributed by atoms with Gasteiger partial charge < -0.3 is 38.5 Å². The fourth-order valence-corrected chi connectivity index (χ4v) is 0. The summed E-state index contributed by atoms with van der Waals surface area (Å²) in [6.07, 6.45) is 0. The van der Waals surface area contributed by atoms with E-state index in [4.69, 9.17) is 38.5 Å². The van der Waals surface area contributed by atoms with Gasteiger partial charge in [0.05, 0.1) is 0 Å². The van der Waals surface area contributed by atoms with Gasteiger partial charge in [-0.3, -0.25) is 0 Å². The van der Waals surface area contributed by atoms with Crippen LogP contribution in [0.3, 0.4) is 0 Å². The van der Waals surface area contributed by atoms with E-state index in [-0.39, 0.29) is 162 Å². The van der Waals surface area contributed by atoms with Gasteiger partial charge in [-0.1, -0.05) is 0 Å². The molecule has 0 amide bonds. The van der Waals surface area contributed by atoms with Crippen molar-refractivity contribution in [2.24, 2.45) is 0 Å². The van der Waals surface area contributed by atoms with Crippen LogP contribution in [0, 0.1) is 0 Å². The third kappa shape index (κ3) is 268. The predicted octanol–water partition coefficient (Wildman–Crippen LogP) is -16.6. The van der Waals surface area contributed by atoms with Gasteiger partial charge >= 0.3 is 162 Å². The maximum atomic E-state index is 8.55. The first-order valence-corrected chi connectivity index (χ1v) is 4.38. The van der Waals surface area contributed by atoms with E-state index in [1.165, 1.54) is 0 Å². The topological polar surface area (TPSA) is 172 Å². The summed E-state index contributed by atoms with van der Waals surface area (Å²) in [5.74, 6) is 0. The second-order valence-corrected chi connectivity index (χ2v) is 2.68. The summed E-state index contributed by atoms with van der Waals surface area (Å²) in [6, 6.07) is 0. The van der Waals surface area contributed by atoms with Crippen molar-refractivity contribution in [3.05, 3.63) is 0 Å². The van der Waals surface area contributed by atoms with Crippen molar-refractivity contribution in [2.45, 2.75) is 0 Å². The zero-order chi connectivity index (χ0) is 9.00. The van der Waals surface area contributed by atoms with Crippen LogP contribution in [0.2, 0.25) is 0 Å². The summed E-state index contributed by atoms with van der Waals surface area (Å²) in [6.45, 7) is 0. The minimum absolute atomic E-state index is 0. The van der Waals surface area contributed by atoms with Crippen LogP contribution in [0.1, 0.15) is 0 Å². The number of hydrogen-bond acceptors (Lipinski definition) is 8. The molecule has 0 aromatic carbocycles. The Kier molecular flexibility index (Phi) is 99.1. The van der Waals surface area contributed by atoms with Gasteiger partial charge in [0.15, 0.2) is 0 Å². The average Bonchev–Trinajstić information content (AvgIpc) is 1.12. The molecular weight excluding hydrogens is 336 g/mol. The molecule has 0 aliphatic rings. The zero-order valence-electron chi connectivity index (χ0n) is 7.51. The molecule has 0 aliphatic heterocycles. The van der Waals surface area contributed by atoms with Crippen molar-refractivity contribution in [3.63, 3.8) is 0 Å². The van der Waals surface area contributed by atoms with E-state index in [0.29, 0.717) is 0 Å². The number of hydrogen-bond donors (Lipinski definition) is 0. The van der Waals surface area contributed by atoms with Crippen molar-refractivity contribution in [1.29, 1.82) is 0 Å². The quantitative estimate of drug-likeness (QED) is 0.309. The summed E-state index contributed by atoms with van der Waals surface area (Å²) >= 11 is 0. The van der Waals surface area contributed by atoms with Crippen molar-refractivity contribution >= 4 is 72.2 Å². The molecule has 0 unspecified atom stereocenters. The fraction of sp³-hybridized carbons (Fsp3) is 0. The first-order valence-electron chi connectivity index (χ1n) is 1.46. The Morgan fingerprint density at radius 1 is 0.529 bits per heavy atom. The Labute approximate surface area is 212 Å². The molecule has 0 aromatic heterocycles. The Morgan fingerprint density at radius 2 is 0.529 bits per heavy atom. The van der Waals surface area contributed by atoms with Crippen LogP contribution in [0.25, 0.3) is 0 Å². The van der Waals surface area contributed by atoms with Gasteiger partial charge in [0.25, 0.3) is 0 Å². The van der Waals surface area contributed by atoms with E-state index in [1.807, 2.05) is 0 Å². The molecule has 0 fully saturated rings. The molecule has 0 saturated carbocycles. The normalized spacial score (nSPS) is 6.94. The summed E-state index contributed by atoms with van der Waals surface area (Å²) in [4.78, 5) is 51.3. The summed E-state index contributed by atoms with van der Waals surface area (Å²) in [5, 5.41) is 0. The van der Waals surface area contributed by atoms with Crippen LogP contribution in [0.4, 0.5) is 0 Å². The fourth-order valence-electron chi connectivity index (χ4n) is 0. The van der Waals surface area contributed by atoms with Gasteiger partial charge in [-0.05, 0) is 0 Å². The molecule has 0 spiro atoms. The van der Waals surface area contributed by atoms with Crippen LogP contribution in [0.5, 0.6) is 0 Å². The third-order valence-electron chi connectivity index (χ3n) is 0. The maximum Gasteiger partial charge on any atom is 1.00 e. The number of phosphoric acid groups is 2. The van der Waals surface area contributed by atoms with Gasteiger partial charge in [0.2, 0.25) is 0 Å². The molecule has 0 aromatic rings. The van der Waals surface area contributed by atoms with Crippen LogP contribution in [0.15, 0.2) is 0 Å². The van der Waals surface area contributed by atoms with Crippen molar-refractivity contribution in [2.75, 3.05) is 0 Å². The van der Waals surface area contributed by atoms with Gasteiger partial charge in [-0.15, -0.1) is 0 Å². The maximum absolute atomic E-state index is 8.55. The third-order valence-corrected chi connectivity index (χ3v) is 0. The molecule has 0 bridgehead atoms. The van der Waals surface area contributed by atoms with E-state index in [2.05, 4.69) is 0 Å². The molecule has 17 heavy (non-hydrogen) atoms. The van der Waals surface area contributed by atoms with Gasteiger partial charge in [-0.25, -0.2) is 0 Å². The monoisotopic (exact) mass is 339 g/mol. The van der Waals surface area contributed by atoms with Crippen molar-refractivity contribution in [1.82, 2.24) is 0 Å². The Balaban J connectivity index is -0.00000000762. The molecule has 1 radical (unpaired) electrons. The van der Waals surface area contributed by atoms with E-state index < -0.39 is 15.6 Å². The Hall–Kier alpha value is 5.53. The summed E-state index contributed by atoms with van der Waals surface area (Å²) in [5.41, 5.74) is 0. The van der Waals surface area contributed by atoms with E-state index >= 15 is 0 Å². The molecule has 0 atom stereocenters. The zero-order valence-corrected chi connectivity index (χ0v) is 16.4. The molecule has 0 aliphatic carbocycles. The van der Waals surface area contributed by atoms with Crippen molar-refractivity contribution in [3.8, 4) is 0 Å². The second kappa shape index (κ2) is 29.5. The Bertz CT molecular complexity index is 146. The molecule has 0 rings (SSSR count). The minimum Gasteiger partial charge on any atom is 1.00 e. The van der Waals surface area contributed by atoms with Crippen LogP contribution < -0.4 is 118 Å². The largest absolute Gasteiger partial charge is 1.00 e. The van der Waals surface area contributed by atoms with Crippen LogP contribution in [-0.2, 0) is 26.2 Å². The first-order chi connectivity index (χ1) is 4.00. The van der Waals surface area contributed by atoms with E-state index in [9.17, 15) is 0 Å². The predicted molar refractivity (Wildman–Crippen MR) is 36.7 cm³/mol. The van der Waals surface area contributed by atoms with Gasteiger partial charge in [-0.2, -0.15) is 15.6 Å². The molecule has 0 N–H and O–H groups in total. The standard InChI is InChI=1S/Fe.3Li.3Na.2H3O4P.3H/c;;;;;;;2*1-5(2,3)4;;;/h;;;;;;;2*(H3,1,2,3,4);;;/q+3;;;;3*+1;;;;;/p-6. The minimum atomic E-state index is -5.39. The Morgan fingerprint density at radius 3 is 0.529 bits per heavy atom. The van der Waals surface area contributed by atoms with Crippen LogP contribution in [-0.4, -0.2) is 56.6 Å². The second-order valence-electron chi connectivity index (χ2n) is 0.894.